The van der Waals surface area contributed by atoms with E-state index in [2.05, 4.69) is 0 Å². The van der Waals surface area contributed by atoms with E-state index in [0.717, 1.165) is 24.0 Å². The van der Waals surface area contributed by atoms with Gasteiger partial charge in [-0.2, -0.15) is 0 Å². The lowest BCUT2D eigenvalue weighted by Gasteiger charge is -2.19. The average Bonchev–Trinajstić information content (AvgIpc) is 2.96. The molecular formula is C12H16ClNO2. The van der Waals surface area contributed by atoms with E-state index in [0.29, 0.717) is 16.5 Å². The fourth-order valence-corrected chi connectivity index (χ4v) is 2.57. The first-order chi connectivity index (χ1) is 7.53. The zero-order valence-corrected chi connectivity index (χ0v) is 10.5. The van der Waals surface area contributed by atoms with Gasteiger partial charge < -0.3 is 15.2 Å². The third-order valence-electron chi connectivity index (χ3n) is 3.10. The minimum Gasteiger partial charge on any atom is -0.493 e. The molecular weight excluding hydrogens is 226 g/mol. The van der Waals surface area contributed by atoms with Gasteiger partial charge in [0.05, 0.1) is 19.2 Å². The topological polar surface area (TPSA) is 44.5 Å². The van der Waals surface area contributed by atoms with E-state index in [-0.39, 0.29) is 5.54 Å². The molecule has 0 saturated heterocycles. The molecule has 1 aliphatic carbocycles. The second kappa shape index (κ2) is 3.82. The Labute approximate surface area is 100 Å². The molecule has 3 nitrogen and oxygen atoms in total. The molecule has 1 aromatic carbocycles. The van der Waals surface area contributed by atoms with E-state index in [9.17, 15) is 0 Å². The van der Waals surface area contributed by atoms with Gasteiger partial charge in [-0.05, 0) is 37.0 Å². The Hall–Kier alpha value is -0.930. The number of nitrogens with two attached hydrogens (primary N) is 1. The van der Waals surface area contributed by atoms with Crippen LogP contribution in [0.3, 0.4) is 0 Å². The second-order valence-corrected chi connectivity index (χ2v) is 4.65. The van der Waals surface area contributed by atoms with Crippen molar-refractivity contribution < 1.29 is 9.47 Å². The Morgan fingerprint density at radius 3 is 2.38 bits per heavy atom. The normalized spacial score (nSPS) is 17.1. The van der Waals surface area contributed by atoms with Gasteiger partial charge in [0, 0.05) is 5.54 Å². The highest BCUT2D eigenvalue weighted by molar-refractivity contribution is 6.33. The summed E-state index contributed by atoms with van der Waals surface area (Å²) in [7, 11) is 3.18. The minimum absolute atomic E-state index is 0.263. The molecule has 1 aliphatic rings. The van der Waals surface area contributed by atoms with Crippen LogP contribution in [-0.2, 0) is 5.54 Å². The van der Waals surface area contributed by atoms with Gasteiger partial charge in [-0.15, -0.1) is 0 Å². The van der Waals surface area contributed by atoms with Crippen LogP contribution < -0.4 is 15.2 Å². The fourth-order valence-electron chi connectivity index (χ4n) is 2.07. The summed E-state index contributed by atoms with van der Waals surface area (Å²) in [6, 6.07) is 1.92. The van der Waals surface area contributed by atoms with Crippen LogP contribution in [0.25, 0.3) is 0 Å². The number of hydrogen-bond acceptors (Lipinski definition) is 3. The molecule has 4 heteroatoms. The molecule has 0 unspecified atom stereocenters. The van der Waals surface area contributed by atoms with Crippen LogP contribution in [0.1, 0.15) is 24.0 Å². The summed E-state index contributed by atoms with van der Waals surface area (Å²) in [6.45, 7) is 2.00. The number of methoxy groups -OCH3 is 2. The van der Waals surface area contributed by atoms with E-state index in [4.69, 9.17) is 26.8 Å². The van der Waals surface area contributed by atoms with Crippen LogP contribution in [-0.4, -0.2) is 14.2 Å². The molecule has 1 saturated carbocycles. The van der Waals surface area contributed by atoms with Crippen LogP contribution in [0.2, 0.25) is 5.02 Å². The lowest BCUT2D eigenvalue weighted by atomic mass is 9.99. The number of ether oxygens (including phenoxy) is 2. The van der Waals surface area contributed by atoms with Gasteiger partial charge in [-0.25, -0.2) is 0 Å². The number of hydrogen-bond donors (Lipinski definition) is 1. The number of rotatable bonds is 3. The molecule has 0 atom stereocenters. The molecule has 16 heavy (non-hydrogen) atoms. The van der Waals surface area contributed by atoms with Crippen molar-refractivity contribution in [3.8, 4) is 11.5 Å². The van der Waals surface area contributed by atoms with Crippen molar-refractivity contribution in [3.05, 3.63) is 22.2 Å². The molecule has 88 valence electrons. The third-order valence-corrected chi connectivity index (χ3v) is 3.46. The van der Waals surface area contributed by atoms with Crippen LogP contribution in [0.4, 0.5) is 0 Å². The van der Waals surface area contributed by atoms with Crippen LogP contribution >= 0.6 is 11.6 Å². The predicted octanol–water partition coefficient (Wildman–Crippen LogP) is 2.61. The molecule has 1 fully saturated rings. The van der Waals surface area contributed by atoms with E-state index in [1.807, 2.05) is 13.0 Å². The monoisotopic (exact) mass is 241 g/mol. The minimum atomic E-state index is -0.263. The van der Waals surface area contributed by atoms with Gasteiger partial charge in [0.1, 0.15) is 0 Å². The zero-order chi connectivity index (χ0) is 11.9. The number of benzene rings is 1. The van der Waals surface area contributed by atoms with Gasteiger partial charge in [0.2, 0.25) is 0 Å². The highest BCUT2D eigenvalue weighted by atomic mass is 35.5. The summed E-state index contributed by atoms with van der Waals surface area (Å²) >= 11 is 6.34. The van der Waals surface area contributed by atoms with E-state index < -0.39 is 0 Å². The maximum Gasteiger partial charge on any atom is 0.179 e. The molecule has 0 spiro atoms. The molecule has 2 rings (SSSR count). The Morgan fingerprint density at radius 2 is 1.94 bits per heavy atom. The maximum absolute atomic E-state index is 6.34. The van der Waals surface area contributed by atoms with Crippen molar-refractivity contribution in [1.82, 2.24) is 0 Å². The summed E-state index contributed by atoms with van der Waals surface area (Å²) in [6.07, 6.45) is 1.95. The maximum atomic E-state index is 6.34. The van der Waals surface area contributed by atoms with Gasteiger partial charge in [-0.1, -0.05) is 11.6 Å². The summed E-state index contributed by atoms with van der Waals surface area (Å²) in [5, 5.41) is 0.583. The van der Waals surface area contributed by atoms with Gasteiger partial charge in [0.25, 0.3) is 0 Å². The molecule has 1 aromatic rings. The van der Waals surface area contributed by atoms with Crippen LogP contribution in [0.5, 0.6) is 11.5 Å². The Bertz CT molecular complexity index is 428. The Kier molecular flexibility index (Phi) is 2.76. The smallest absolute Gasteiger partial charge is 0.179 e. The highest BCUT2D eigenvalue weighted by Crippen LogP contribution is 2.51. The van der Waals surface area contributed by atoms with Crippen molar-refractivity contribution in [2.75, 3.05) is 14.2 Å². The molecule has 0 radical (unpaired) electrons. The van der Waals surface area contributed by atoms with E-state index in [1.165, 1.54) is 0 Å². The van der Waals surface area contributed by atoms with Crippen LogP contribution in [0.15, 0.2) is 6.07 Å². The largest absolute Gasteiger partial charge is 0.493 e. The Morgan fingerprint density at radius 1 is 1.31 bits per heavy atom. The molecule has 0 aliphatic heterocycles. The lowest BCUT2D eigenvalue weighted by molar-refractivity contribution is 0.354. The highest BCUT2D eigenvalue weighted by Gasteiger charge is 2.43. The lowest BCUT2D eigenvalue weighted by Crippen LogP contribution is -2.21. The van der Waals surface area contributed by atoms with Crippen molar-refractivity contribution in [2.24, 2.45) is 5.73 Å². The summed E-state index contributed by atoms with van der Waals surface area (Å²) < 4.78 is 10.5. The van der Waals surface area contributed by atoms with Crippen molar-refractivity contribution in [2.45, 2.75) is 25.3 Å². The van der Waals surface area contributed by atoms with Crippen molar-refractivity contribution in [1.29, 1.82) is 0 Å². The first-order valence-electron chi connectivity index (χ1n) is 5.24. The molecule has 0 amide bonds. The summed E-state index contributed by atoms with van der Waals surface area (Å²) in [4.78, 5) is 0. The van der Waals surface area contributed by atoms with E-state index >= 15 is 0 Å². The molecule has 0 bridgehead atoms. The first kappa shape index (κ1) is 11.6. The van der Waals surface area contributed by atoms with Crippen molar-refractivity contribution in [3.63, 3.8) is 0 Å². The number of aryl methyl sites for hydroxylation is 1. The second-order valence-electron chi connectivity index (χ2n) is 4.27. The standard InChI is InChI=1S/C12H16ClNO2/c1-7-6-8(15-2)11(16-3)10(13)9(7)12(14)4-5-12/h6H,4-5,14H2,1-3H3. The molecule has 0 aromatic heterocycles. The fraction of sp³-hybridized carbons (Fsp3) is 0.500. The third kappa shape index (κ3) is 1.64. The summed E-state index contributed by atoms with van der Waals surface area (Å²) in [5.41, 5.74) is 7.99. The van der Waals surface area contributed by atoms with Gasteiger partial charge in [-0.3, -0.25) is 0 Å². The molecule has 2 N–H and O–H groups in total. The quantitative estimate of drug-likeness (QED) is 0.885. The Balaban J connectivity index is 2.62. The van der Waals surface area contributed by atoms with Gasteiger partial charge >= 0.3 is 0 Å². The molecule has 0 heterocycles. The van der Waals surface area contributed by atoms with Crippen molar-refractivity contribution >= 4 is 11.6 Å². The zero-order valence-electron chi connectivity index (χ0n) is 9.76. The first-order valence-corrected chi connectivity index (χ1v) is 5.61. The average molecular weight is 242 g/mol. The SMILES string of the molecule is COc1cc(C)c(C2(N)CC2)c(Cl)c1OC. The van der Waals surface area contributed by atoms with E-state index in [1.54, 1.807) is 14.2 Å². The van der Waals surface area contributed by atoms with Gasteiger partial charge in [0.15, 0.2) is 11.5 Å². The summed E-state index contributed by atoms with van der Waals surface area (Å²) in [5.74, 6) is 1.22. The van der Waals surface area contributed by atoms with Crippen LogP contribution in [0, 0.1) is 6.92 Å². The number of halogens is 1. The predicted molar refractivity (Wildman–Crippen MR) is 64.4 cm³/mol.